The topological polar surface area (TPSA) is 82.5 Å². The zero-order chi connectivity index (χ0) is 13.6. The van der Waals surface area contributed by atoms with Crippen LogP contribution in [-0.4, -0.2) is 44.2 Å². The average molecular weight is 277 g/mol. The highest BCUT2D eigenvalue weighted by molar-refractivity contribution is 7.89. The molecule has 0 bridgehead atoms. The van der Waals surface area contributed by atoms with Gasteiger partial charge in [-0.05, 0) is 19.9 Å². The summed E-state index contributed by atoms with van der Waals surface area (Å²) >= 11 is 0. The summed E-state index contributed by atoms with van der Waals surface area (Å²) in [7, 11) is -2.02. The number of hydrogen-bond acceptors (Lipinski definition) is 5. The SMILES string of the molecule is CCOC(CNS(=O)(=O)c1ccnn1C)OCC. The Morgan fingerprint density at radius 2 is 2.00 bits per heavy atom. The molecular formula is C10H19N3O4S. The van der Waals surface area contributed by atoms with Crippen LogP contribution in [0.5, 0.6) is 0 Å². The van der Waals surface area contributed by atoms with E-state index in [4.69, 9.17) is 9.47 Å². The van der Waals surface area contributed by atoms with E-state index in [1.807, 2.05) is 13.8 Å². The van der Waals surface area contributed by atoms with Crippen molar-refractivity contribution in [3.05, 3.63) is 12.3 Å². The normalized spacial score (nSPS) is 12.2. The van der Waals surface area contributed by atoms with E-state index in [2.05, 4.69) is 9.82 Å². The van der Waals surface area contributed by atoms with E-state index >= 15 is 0 Å². The minimum Gasteiger partial charge on any atom is -0.352 e. The molecule has 0 unspecified atom stereocenters. The lowest BCUT2D eigenvalue weighted by Crippen LogP contribution is -2.36. The summed E-state index contributed by atoms with van der Waals surface area (Å²) in [6, 6.07) is 1.43. The predicted molar refractivity (Wildman–Crippen MR) is 65.4 cm³/mol. The molecule has 0 saturated heterocycles. The van der Waals surface area contributed by atoms with Crippen LogP contribution in [0.15, 0.2) is 17.3 Å². The average Bonchev–Trinajstić information content (AvgIpc) is 2.74. The molecule has 0 aliphatic carbocycles. The summed E-state index contributed by atoms with van der Waals surface area (Å²) < 4.78 is 38.1. The lowest BCUT2D eigenvalue weighted by atomic mass is 10.6. The molecule has 104 valence electrons. The quantitative estimate of drug-likeness (QED) is 0.681. The van der Waals surface area contributed by atoms with Crippen molar-refractivity contribution < 1.29 is 17.9 Å². The summed E-state index contributed by atoms with van der Waals surface area (Å²) in [4.78, 5) is 0. The molecule has 0 aliphatic rings. The third kappa shape index (κ3) is 4.05. The largest absolute Gasteiger partial charge is 0.352 e. The monoisotopic (exact) mass is 277 g/mol. The van der Waals surface area contributed by atoms with E-state index in [0.717, 1.165) is 0 Å². The lowest BCUT2D eigenvalue weighted by Gasteiger charge is -2.17. The van der Waals surface area contributed by atoms with E-state index in [0.29, 0.717) is 13.2 Å². The molecule has 1 aromatic heterocycles. The second-order valence-corrected chi connectivity index (χ2v) is 5.20. The fourth-order valence-electron chi connectivity index (χ4n) is 1.41. The van der Waals surface area contributed by atoms with Crippen LogP contribution in [-0.2, 0) is 26.5 Å². The highest BCUT2D eigenvalue weighted by atomic mass is 32.2. The van der Waals surface area contributed by atoms with Gasteiger partial charge in [-0.15, -0.1) is 0 Å². The molecule has 7 nitrogen and oxygen atoms in total. The highest BCUT2D eigenvalue weighted by Crippen LogP contribution is 2.06. The summed E-state index contributed by atoms with van der Waals surface area (Å²) in [6.45, 7) is 4.62. The first kappa shape index (κ1) is 15.1. The van der Waals surface area contributed by atoms with Gasteiger partial charge in [0, 0.05) is 20.3 Å². The van der Waals surface area contributed by atoms with Crippen LogP contribution in [0.1, 0.15) is 13.8 Å². The molecule has 0 spiro atoms. The standard InChI is InChI=1S/C10H19N3O4S/c1-4-16-10(17-5-2)8-12-18(14,15)9-6-7-11-13(9)3/h6-7,10,12H,4-5,8H2,1-3H3. The van der Waals surface area contributed by atoms with Crippen molar-refractivity contribution in [2.24, 2.45) is 7.05 Å². The Kier molecular flexibility index (Phi) is 5.73. The number of ether oxygens (including phenoxy) is 2. The molecule has 8 heteroatoms. The molecule has 0 aliphatic heterocycles. The first-order valence-corrected chi connectivity index (χ1v) is 7.20. The molecule has 0 atom stereocenters. The van der Waals surface area contributed by atoms with Crippen molar-refractivity contribution in [3.8, 4) is 0 Å². The molecule has 0 radical (unpaired) electrons. The Balaban J connectivity index is 2.64. The molecule has 1 rings (SSSR count). The van der Waals surface area contributed by atoms with E-state index in [9.17, 15) is 8.42 Å². The van der Waals surface area contributed by atoms with Gasteiger partial charge in [0.05, 0.1) is 12.7 Å². The highest BCUT2D eigenvalue weighted by Gasteiger charge is 2.20. The maximum absolute atomic E-state index is 11.9. The number of hydrogen-bond donors (Lipinski definition) is 1. The van der Waals surface area contributed by atoms with E-state index in [-0.39, 0.29) is 11.6 Å². The van der Waals surface area contributed by atoms with Crippen LogP contribution in [0, 0.1) is 0 Å². The minimum absolute atomic E-state index is 0.0647. The van der Waals surface area contributed by atoms with Crippen LogP contribution < -0.4 is 4.72 Å². The Morgan fingerprint density at radius 3 is 2.44 bits per heavy atom. The van der Waals surface area contributed by atoms with Crippen LogP contribution in [0.4, 0.5) is 0 Å². The van der Waals surface area contributed by atoms with Crippen molar-refractivity contribution in [2.75, 3.05) is 19.8 Å². The van der Waals surface area contributed by atoms with Crippen molar-refractivity contribution in [1.82, 2.24) is 14.5 Å². The first-order valence-electron chi connectivity index (χ1n) is 5.72. The van der Waals surface area contributed by atoms with Gasteiger partial charge in [0.15, 0.2) is 11.3 Å². The molecule has 1 N–H and O–H groups in total. The van der Waals surface area contributed by atoms with Gasteiger partial charge in [-0.3, -0.25) is 4.68 Å². The summed E-state index contributed by atoms with van der Waals surface area (Å²) in [5.41, 5.74) is 0. The van der Waals surface area contributed by atoms with Crippen LogP contribution in [0.2, 0.25) is 0 Å². The number of rotatable bonds is 8. The maximum Gasteiger partial charge on any atom is 0.257 e. The zero-order valence-electron chi connectivity index (χ0n) is 10.8. The van der Waals surface area contributed by atoms with E-state index in [1.165, 1.54) is 16.9 Å². The van der Waals surface area contributed by atoms with E-state index in [1.54, 1.807) is 7.05 Å². The fraction of sp³-hybridized carbons (Fsp3) is 0.700. The maximum atomic E-state index is 11.9. The number of sulfonamides is 1. The summed E-state index contributed by atoms with van der Waals surface area (Å²) in [6.07, 6.45) is 0.847. The second kappa shape index (κ2) is 6.83. The van der Waals surface area contributed by atoms with Gasteiger partial charge in [-0.25, -0.2) is 13.1 Å². The zero-order valence-corrected chi connectivity index (χ0v) is 11.6. The molecule has 0 fully saturated rings. The summed E-state index contributed by atoms with van der Waals surface area (Å²) in [5.74, 6) is 0. The van der Waals surface area contributed by atoms with Crippen molar-refractivity contribution in [2.45, 2.75) is 25.2 Å². The van der Waals surface area contributed by atoms with Crippen LogP contribution >= 0.6 is 0 Å². The van der Waals surface area contributed by atoms with Crippen molar-refractivity contribution in [3.63, 3.8) is 0 Å². The Bertz CT molecular complexity index is 451. The van der Waals surface area contributed by atoms with Crippen molar-refractivity contribution in [1.29, 1.82) is 0 Å². The Hall–Kier alpha value is -0.960. The molecular weight excluding hydrogens is 258 g/mol. The molecule has 0 aromatic carbocycles. The molecule has 1 aromatic rings. The number of aromatic nitrogens is 2. The predicted octanol–water partition coefficient (Wildman–Crippen LogP) is 0.0975. The van der Waals surface area contributed by atoms with Crippen LogP contribution in [0.25, 0.3) is 0 Å². The number of aryl methyl sites for hydroxylation is 1. The number of nitrogens with one attached hydrogen (secondary N) is 1. The fourth-order valence-corrected chi connectivity index (χ4v) is 2.55. The van der Waals surface area contributed by atoms with Gasteiger partial charge in [0.1, 0.15) is 0 Å². The third-order valence-corrected chi connectivity index (χ3v) is 3.69. The van der Waals surface area contributed by atoms with Gasteiger partial charge in [0.2, 0.25) is 0 Å². The molecule has 18 heavy (non-hydrogen) atoms. The van der Waals surface area contributed by atoms with Gasteiger partial charge < -0.3 is 9.47 Å². The molecule has 1 heterocycles. The van der Waals surface area contributed by atoms with Crippen LogP contribution in [0.3, 0.4) is 0 Å². The molecule has 0 amide bonds. The number of nitrogens with zero attached hydrogens (tertiary/aromatic N) is 2. The first-order chi connectivity index (χ1) is 8.51. The Morgan fingerprint density at radius 1 is 1.39 bits per heavy atom. The summed E-state index contributed by atoms with van der Waals surface area (Å²) in [5, 5.41) is 3.92. The van der Waals surface area contributed by atoms with Crippen molar-refractivity contribution >= 4 is 10.0 Å². The van der Waals surface area contributed by atoms with Gasteiger partial charge in [-0.2, -0.15) is 5.10 Å². The third-order valence-electron chi connectivity index (χ3n) is 2.20. The smallest absolute Gasteiger partial charge is 0.257 e. The second-order valence-electron chi connectivity index (χ2n) is 3.49. The van der Waals surface area contributed by atoms with Gasteiger partial charge >= 0.3 is 0 Å². The van der Waals surface area contributed by atoms with E-state index < -0.39 is 16.3 Å². The Labute approximate surface area is 107 Å². The minimum atomic E-state index is -3.59. The van der Waals surface area contributed by atoms with Gasteiger partial charge in [-0.1, -0.05) is 0 Å². The lowest BCUT2D eigenvalue weighted by molar-refractivity contribution is -0.130. The van der Waals surface area contributed by atoms with Gasteiger partial charge in [0.25, 0.3) is 10.0 Å². The molecule has 0 saturated carbocycles.